The maximum atomic E-state index is 12.0. The van der Waals surface area contributed by atoms with E-state index < -0.39 is 10.0 Å². The van der Waals surface area contributed by atoms with Crippen molar-refractivity contribution in [2.24, 2.45) is 0 Å². The molecule has 18 heavy (non-hydrogen) atoms. The van der Waals surface area contributed by atoms with Crippen molar-refractivity contribution in [2.45, 2.75) is 37.4 Å². The van der Waals surface area contributed by atoms with Crippen LogP contribution in [0.4, 0.5) is 0 Å². The molecule has 6 nitrogen and oxygen atoms in total. The third kappa shape index (κ3) is 3.44. The Hall–Kier alpha value is -0.630. The first-order chi connectivity index (χ1) is 7.99. The van der Waals surface area contributed by atoms with Crippen molar-refractivity contribution in [3.8, 4) is 0 Å². The number of hydrogen-bond acceptors (Lipinski definition) is 4. The van der Waals surface area contributed by atoms with E-state index in [2.05, 4.69) is 15.0 Å². The lowest BCUT2D eigenvalue weighted by Gasteiger charge is -2.10. The highest BCUT2D eigenvalue weighted by Crippen LogP contribution is 2.11. The summed E-state index contributed by atoms with van der Waals surface area (Å²) in [4.78, 5) is 3.94. The minimum atomic E-state index is -3.48. The second-order valence-corrected chi connectivity index (χ2v) is 6.22. The second-order valence-electron chi connectivity index (χ2n) is 4.56. The fourth-order valence-corrected chi connectivity index (χ4v) is 2.98. The van der Waals surface area contributed by atoms with Gasteiger partial charge in [0, 0.05) is 24.8 Å². The van der Waals surface area contributed by atoms with Crippen molar-refractivity contribution >= 4 is 22.4 Å². The van der Waals surface area contributed by atoms with Crippen molar-refractivity contribution < 1.29 is 8.42 Å². The van der Waals surface area contributed by atoms with Crippen molar-refractivity contribution in [2.75, 3.05) is 13.1 Å². The van der Waals surface area contributed by atoms with Crippen LogP contribution in [0, 0.1) is 0 Å². The summed E-state index contributed by atoms with van der Waals surface area (Å²) in [5.41, 5.74) is 0. The number of rotatable bonds is 4. The highest BCUT2D eigenvalue weighted by Gasteiger charge is 2.24. The highest BCUT2D eigenvalue weighted by atomic mass is 35.5. The smallest absolute Gasteiger partial charge is 0.259 e. The number of halogens is 1. The number of nitrogens with one attached hydrogen (secondary N) is 2. The van der Waals surface area contributed by atoms with E-state index in [-0.39, 0.29) is 29.5 Å². The van der Waals surface area contributed by atoms with Gasteiger partial charge in [0.05, 0.1) is 6.33 Å². The molecule has 8 heteroatoms. The third-order valence-electron chi connectivity index (χ3n) is 2.83. The van der Waals surface area contributed by atoms with E-state index >= 15 is 0 Å². The molecule has 104 valence electrons. The molecule has 1 aromatic heterocycles. The monoisotopic (exact) mass is 294 g/mol. The summed E-state index contributed by atoms with van der Waals surface area (Å²) in [7, 11) is -3.48. The number of nitrogens with zero attached hydrogens (tertiary/aromatic N) is 2. The molecule has 1 saturated heterocycles. The molecule has 1 aromatic rings. The van der Waals surface area contributed by atoms with Crippen molar-refractivity contribution in [1.82, 2.24) is 19.6 Å². The van der Waals surface area contributed by atoms with Gasteiger partial charge in [-0.1, -0.05) is 0 Å². The van der Waals surface area contributed by atoms with Crippen molar-refractivity contribution in [3.63, 3.8) is 0 Å². The van der Waals surface area contributed by atoms with Crippen LogP contribution in [0.3, 0.4) is 0 Å². The van der Waals surface area contributed by atoms with E-state index in [1.807, 2.05) is 13.8 Å². The summed E-state index contributed by atoms with van der Waals surface area (Å²) in [6, 6.07) is 0.184. The van der Waals surface area contributed by atoms with E-state index in [1.165, 1.54) is 0 Å². The van der Waals surface area contributed by atoms with Crippen LogP contribution in [-0.2, 0) is 10.0 Å². The number of aromatic nitrogens is 2. The topological polar surface area (TPSA) is 76.0 Å². The molecule has 0 aromatic carbocycles. The predicted molar refractivity (Wildman–Crippen MR) is 71.5 cm³/mol. The Morgan fingerprint density at radius 2 is 2.28 bits per heavy atom. The molecule has 0 spiro atoms. The Morgan fingerprint density at radius 3 is 2.78 bits per heavy atom. The van der Waals surface area contributed by atoms with Crippen molar-refractivity contribution in [3.05, 3.63) is 12.5 Å². The molecule has 0 bridgehead atoms. The van der Waals surface area contributed by atoms with Gasteiger partial charge in [0.1, 0.15) is 0 Å². The molecule has 1 fully saturated rings. The molecule has 0 amide bonds. The Morgan fingerprint density at radius 1 is 1.56 bits per heavy atom. The van der Waals surface area contributed by atoms with Gasteiger partial charge in [-0.2, -0.15) is 0 Å². The van der Waals surface area contributed by atoms with Gasteiger partial charge in [-0.25, -0.2) is 18.1 Å². The molecule has 0 radical (unpaired) electrons. The van der Waals surface area contributed by atoms with Crippen LogP contribution < -0.4 is 10.0 Å². The van der Waals surface area contributed by atoms with E-state index in [0.29, 0.717) is 6.54 Å². The molecule has 1 atom stereocenters. The maximum Gasteiger partial charge on any atom is 0.259 e. The fraction of sp³-hybridized carbons (Fsp3) is 0.700. The van der Waals surface area contributed by atoms with Crippen LogP contribution in [0.5, 0.6) is 0 Å². The van der Waals surface area contributed by atoms with Gasteiger partial charge >= 0.3 is 0 Å². The highest BCUT2D eigenvalue weighted by molar-refractivity contribution is 7.89. The first kappa shape index (κ1) is 15.4. The SMILES string of the molecule is CC(C)n1cnc(S(=O)(=O)NC2CCNC2)c1.Cl. The van der Waals surface area contributed by atoms with E-state index in [4.69, 9.17) is 0 Å². The fourth-order valence-electron chi connectivity index (χ4n) is 1.77. The van der Waals surface area contributed by atoms with Crippen LogP contribution in [0.1, 0.15) is 26.3 Å². The first-order valence-corrected chi connectivity index (χ1v) is 7.24. The average molecular weight is 295 g/mol. The summed E-state index contributed by atoms with van der Waals surface area (Å²) in [5.74, 6) is 0. The van der Waals surface area contributed by atoms with E-state index in [9.17, 15) is 8.42 Å². The van der Waals surface area contributed by atoms with Gasteiger partial charge < -0.3 is 9.88 Å². The van der Waals surface area contributed by atoms with Crippen molar-refractivity contribution in [1.29, 1.82) is 0 Å². The first-order valence-electron chi connectivity index (χ1n) is 5.75. The lowest BCUT2D eigenvalue weighted by Crippen LogP contribution is -2.36. The summed E-state index contributed by atoms with van der Waals surface area (Å²) < 4.78 is 28.5. The van der Waals surface area contributed by atoms with Gasteiger partial charge in [-0.15, -0.1) is 12.4 Å². The summed E-state index contributed by atoms with van der Waals surface area (Å²) in [6.07, 6.45) is 3.94. The quantitative estimate of drug-likeness (QED) is 0.849. The minimum Gasteiger partial charge on any atom is -0.334 e. The van der Waals surface area contributed by atoms with Crippen LogP contribution in [0.25, 0.3) is 0 Å². The molecule has 2 N–H and O–H groups in total. The normalized spacial score (nSPS) is 20.1. The molecule has 1 aliphatic rings. The lowest BCUT2D eigenvalue weighted by atomic mass is 10.3. The molecule has 0 saturated carbocycles. The molecular formula is C10H19ClN4O2S. The Kier molecular flexibility index (Phi) is 5.15. The van der Waals surface area contributed by atoms with E-state index in [0.717, 1.165) is 13.0 Å². The maximum absolute atomic E-state index is 12.0. The molecular weight excluding hydrogens is 276 g/mol. The van der Waals surface area contributed by atoms with Gasteiger partial charge in [-0.3, -0.25) is 0 Å². The Labute approximate surface area is 114 Å². The van der Waals surface area contributed by atoms with Crippen LogP contribution >= 0.6 is 12.4 Å². The Bertz CT molecular complexity index is 480. The number of imidazole rings is 1. The zero-order valence-corrected chi connectivity index (χ0v) is 12.1. The third-order valence-corrected chi connectivity index (χ3v) is 4.24. The largest absolute Gasteiger partial charge is 0.334 e. The standard InChI is InChI=1S/C10H18N4O2S.ClH/c1-8(2)14-6-10(12-7-14)17(15,16)13-9-3-4-11-5-9;/h6-9,11,13H,3-5H2,1-2H3;1H. The summed E-state index contributed by atoms with van der Waals surface area (Å²) in [6.45, 7) is 5.50. The zero-order chi connectivity index (χ0) is 12.5. The van der Waals surface area contributed by atoms with Gasteiger partial charge in [0.25, 0.3) is 10.0 Å². The number of sulfonamides is 1. The van der Waals surface area contributed by atoms with E-state index in [1.54, 1.807) is 17.1 Å². The number of hydrogen-bond donors (Lipinski definition) is 2. The summed E-state index contributed by atoms with van der Waals surface area (Å²) in [5, 5.41) is 3.21. The molecule has 2 rings (SSSR count). The Balaban J connectivity index is 0.00000162. The summed E-state index contributed by atoms with van der Waals surface area (Å²) >= 11 is 0. The average Bonchev–Trinajstić information content (AvgIpc) is 2.84. The lowest BCUT2D eigenvalue weighted by molar-refractivity contribution is 0.556. The molecule has 1 aliphatic heterocycles. The molecule has 2 heterocycles. The van der Waals surface area contributed by atoms with Gasteiger partial charge in [-0.05, 0) is 26.8 Å². The van der Waals surface area contributed by atoms with Crippen LogP contribution in [0.2, 0.25) is 0 Å². The predicted octanol–water partition coefficient (Wildman–Crippen LogP) is 0.526. The van der Waals surface area contributed by atoms with Gasteiger partial charge in [0.2, 0.25) is 0 Å². The second kappa shape index (κ2) is 6.01. The van der Waals surface area contributed by atoms with Crippen LogP contribution in [-0.4, -0.2) is 37.1 Å². The van der Waals surface area contributed by atoms with Gasteiger partial charge in [0.15, 0.2) is 5.03 Å². The zero-order valence-electron chi connectivity index (χ0n) is 10.5. The van der Waals surface area contributed by atoms with Crippen LogP contribution in [0.15, 0.2) is 17.6 Å². The minimum absolute atomic E-state index is 0. The molecule has 1 unspecified atom stereocenters. The molecule has 0 aliphatic carbocycles.